The van der Waals surface area contributed by atoms with E-state index < -0.39 is 0 Å². The van der Waals surface area contributed by atoms with E-state index in [0.29, 0.717) is 0 Å². The van der Waals surface area contributed by atoms with E-state index in [4.69, 9.17) is 0 Å². The number of rotatable bonds is 6. The van der Waals surface area contributed by atoms with Gasteiger partial charge in [-0.2, -0.15) is 0 Å². The molecule has 0 aromatic heterocycles. The Morgan fingerprint density at radius 1 is 0.500 bits per heavy atom. The summed E-state index contributed by atoms with van der Waals surface area (Å²) >= 11 is 0. The van der Waals surface area contributed by atoms with Crippen molar-refractivity contribution in [1.29, 1.82) is 0 Å². The summed E-state index contributed by atoms with van der Waals surface area (Å²) in [5.41, 5.74) is 21.7. The highest BCUT2D eigenvalue weighted by molar-refractivity contribution is 6.04. The van der Waals surface area contributed by atoms with E-state index in [1.165, 1.54) is 101 Å². The van der Waals surface area contributed by atoms with Crippen LogP contribution in [0.3, 0.4) is 0 Å². The zero-order chi connectivity index (χ0) is 50.1. The van der Waals surface area contributed by atoms with Gasteiger partial charge in [0.15, 0.2) is 0 Å². The first-order chi connectivity index (χ1) is 32.7. The maximum absolute atomic E-state index is 2.66. The minimum Gasteiger partial charge on any atom is -0.314 e. The molecule has 360 valence electrons. The maximum atomic E-state index is 2.66. The average molecular weight is 923 g/mol. The largest absolute Gasteiger partial charge is 0.314 e. The van der Waals surface area contributed by atoms with Gasteiger partial charge in [0.25, 0.3) is 0 Å². The molecule has 2 nitrogen and oxygen atoms in total. The fourth-order valence-corrected chi connectivity index (χ4v) is 12.3. The highest BCUT2D eigenvalue weighted by atomic mass is 15.2. The van der Waals surface area contributed by atoms with Crippen LogP contribution in [-0.4, -0.2) is 0 Å². The fourth-order valence-electron chi connectivity index (χ4n) is 12.3. The van der Waals surface area contributed by atoms with Gasteiger partial charge in [-0.1, -0.05) is 190 Å². The molecule has 2 heteroatoms. The molecule has 2 atom stereocenters. The Labute approximate surface area is 421 Å². The molecule has 6 aromatic rings. The number of nitrogens with zero attached hydrogens (tertiary/aromatic N) is 2. The zero-order valence-electron chi connectivity index (χ0n) is 45.3. The molecule has 0 saturated carbocycles. The second-order valence-electron chi connectivity index (χ2n) is 26.3. The molecule has 70 heavy (non-hydrogen) atoms. The first-order valence-electron chi connectivity index (χ1n) is 26.2. The lowest BCUT2D eigenvalue weighted by Crippen LogP contribution is -2.29. The van der Waals surface area contributed by atoms with E-state index >= 15 is 0 Å². The molecule has 4 aliphatic rings. The highest BCUT2D eigenvalue weighted by Gasteiger charge is 2.48. The predicted molar refractivity (Wildman–Crippen MR) is 303 cm³/mol. The molecule has 0 radical (unpaired) electrons. The topological polar surface area (TPSA) is 6.48 Å². The van der Waals surface area contributed by atoms with Crippen LogP contribution in [0.25, 0.3) is 16.3 Å². The molecule has 2 unspecified atom stereocenters. The molecule has 10 rings (SSSR count). The van der Waals surface area contributed by atoms with Gasteiger partial charge in [0.2, 0.25) is 0 Å². The zero-order valence-corrected chi connectivity index (χ0v) is 45.3. The van der Waals surface area contributed by atoms with Crippen LogP contribution in [0.4, 0.5) is 22.7 Å². The highest BCUT2D eigenvalue weighted by Crippen LogP contribution is 2.60. The summed E-state index contributed by atoms with van der Waals surface area (Å²) in [7, 11) is 0. The summed E-state index contributed by atoms with van der Waals surface area (Å²) in [6.45, 7) is 37.6. The van der Waals surface area contributed by atoms with Crippen LogP contribution in [-0.2, 0) is 32.5 Å². The molecule has 6 aromatic carbocycles. The number of anilines is 4. The average Bonchev–Trinajstić information content (AvgIpc) is 3.53. The van der Waals surface area contributed by atoms with Crippen molar-refractivity contribution in [3.63, 3.8) is 0 Å². The van der Waals surface area contributed by atoms with Gasteiger partial charge in [0.1, 0.15) is 0 Å². The molecule has 0 saturated heterocycles. The minimum atomic E-state index is -0.186. The van der Waals surface area contributed by atoms with E-state index in [9.17, 15) is 0 Å². The van der Waals surface area contributed by atoms with E-state index in [-0.39, 0.29) is 44.3 Å². The third kappa shape index (κ3) is 8.02. The third-order valence-corrected chi connectivity index (χ3v) is 16.7. The fraction of sp³-hybridized carbons (Fsp3) is 0.382. The monoisotopic (exact) mass is 923 g/mol. The predicted octanol–water partition coefficient (Wildman–Crippen LogP) is 18.9. The summed E-state index contributed by atoms with van der Waals surface area (Å²) in [6.07, 6.45) is 12.1. The van der Waals surface area contributed by atoms with Crippen LogP contribution >= 0.6 is 0 Å². The van der Waals surface area contributed by atoms with Crippen LogP contribution in [0, 0.1) is 5.92 Å². The van der Waals surface area contributed by atoms with E-state index in [0.717, 1.165) is 12.8 Å². The van der Waals surface area contributed by atoms with Crippen LogP contribution in [0.5, 0.6) is 0 Å². The Kier molecular flexibility index (Phi) is 11.2. The molecular weight excluding hydrogens is 845 g/mol. The number of hydrogen-bond acceptors (Lipinski definition) is 2. The summed E-state index contributed by atoms with van der Waals surface area (Å²) in [6, 6.07) is 47.2. The van der Waals surface area contributed by atoms with Gasteiger partial charge in [-0.3, -0.25) is 0 Å². The first-order valence-corrected chi connectivity index (χ1v) is 26.2. The number of allylic oxidation sites excluding steroid dienone is 7. The lowest BCUT2D eigenvalue weighted by molar-refractivity contribution is 0.392. The summed E-state index contributed by atoms with van der Waals surface area (Å²) < 4.78 is 0. The van der Waals surface area contributed by atoms with Gasteiger partial charge in [0, 0.05) is 45.5 Å². The van der Waals surface area contributed by atoms with Gasteiger partial charge >= 0.3 is 0 Å². The van der Waals surface area contributed by atoms with Crippen LogP contribution < -0.4 is 9.80 Å². The molecule has 0 fully saturated rings. The van der Waals surface area contributed by atoms with Crippen molar-refractivity contribution in [3.05, 3.63) is 207 Å². The molecule has 0 bridgehead atoms. The van der Waals surface area contributed by atoms with Crippen molar-refractivity contribution in [2.75, 3.05) is 9.80 Å². The minimum absolute atomic E-state index is 0.0813. The van der Waals surface area contributed by atoms with E-state index in [2.05, 4.69) is 266 Å². The Balaban J connectivity index is 1.09. The molecule has 0 N–H and O–H groups in total. The van der Waals surface area contributed by atoms with Crippen LogP contribution in [0.2, 0.25) is 0 Å². The Hall–Kier alpha value is -5.86. The van der Waals surface area contributed by atoms with Crippen molar-refractivity contribution in [2.45, 2.75) is 162 Å². The van der Waals surface area contributed by atoms with Crippen LogP contribution in [0.1, 0.15) is 174 Å². The second-order valence-corrected chi connectivity index (χ2v) is 26.3. The molecule has 0 amide bonds. The Bertz CT molecular complexity index is 3020. The molecule has 0 heterocycles. The van der Waals surface area contributed by atoms with Gasteiger partial charge in [-0.15, -0.1) is 0 Å². The van der Waals surface area contributed by atoms with Crippen LogP contribution in [0.15, 0.2) is 163 Å². The summed E-state index contributed by atoms with van der Waals surface area (Å²) in [4.78, 5) is 5.04. The third-order valence-electron chi connectivity index (χ3n) is 16.7. The second kappa shape index (κ2) is 16.3. The Morgan fingerprint density at radius 2 is 0.943 bits per heavy atom. The van der Waals surface area contributed by atoms with Crippen molar-refractivity contribution in [2.24, 2.45) is 5.92 Å². The first kappa shape index (κ1) is 47.8. The molecular formula is C68H78N2. The number of fused-ring (bicyclic) bond motifs is 5. The standard InChI is InChI=1S/C68H78N2/c1-63(2,3)43-20-28-47(29-21-43)69(48-30-22-44(23-31-48)64(4,5)6)51-36-38-53-56-42-60-61(55-18-17-19-57(62(55)56)67(13,14)58(53)40-51)54-39-37-52(41-59(54)68(60,15)16)70(49-32-24-45(25-33-49)65(7,8)9)50-34-26-46(27-35-50)66(10,11)12/h17-35,37,39-42,54,59H,36,38H2,1-16H3. The summed E-state index contributed by atoms with van der Waals surface area (Å²) in [5.74, 6) is 0.573. The van der Waals surface area contributed by atoms with Crippen molar-refractivity contribution >= 4 is 39.1 Å². The SMILES string of the molecule is CC(C)(C)c1ccc(N(C2=CC3C(C=C2)c2c(cc4c5c(cccc25)C(C)(C)C2=C4CCC(N(c4ccc(C(C)(C)C)cc4)c4ccc(C(C)(C)C)cc4)=C2)C3(C)C)c2ccc(C(C)(C)C)cc2)cc1. The normalized spacial score (nSPS) is 19.3. The number of hydrogen-bond donors (Lipinski definition) is 0. The van der Waals surface area contributed by atoms with E-state index in [1.54, 1.807) is 0 Å². The van der Waals surface area contributed by atoms with Gasteiger partial charge in [0.05, 0.1) is 0 Å². The van der Waals surface area contributed by atoms with Gasteiger partial charge in [-0.25, -0.2) is 0 Å². The molecule has 0 aliphatic heterocycles. The van der Waals surface area contributed by atoms with Crippen molar-refractivity contribution in [3.8, 4) is 0 Å². The number of benzene rings is 6. The smallest absolute Gasteiger partial charge is 0.0461 e. The Morgan fingerprint density at radius 3 is 1.39 bits per heavy atom. The molecule has 0 spiro atoms. The van der Waals surface area contributed by atoms with Crippen molar-refractivity contribution in [1.82, 2.24) is 0 Å². The molecule has 4 aliphatic carbocycles. The van der Waals surface area contributed by atoms with Crippen molar-refractivity contribution < 1.29 is 0 Å². The summed E-state index contributed by atoms with van der Waals surface area (Å²) in [5, 5.41) is 2.90. The van der Waals surface area contributed by atoms with E-state index in [1.807, 2.05) is 0 Å². The van der Waals surface area contributed by atoms with Gasteiger partial charge < -0.3 is 9.80 Å². The quantitative estimate of drug-likeness (QED) is 0.164. The maximum Gasteiger partial charge on any atom is 0.0461 e. The lowest BCUT2D eigenvalue weighted by atomic mass is 9.65. The van der Waals surface area contributed by atoms with Gasteiger partial charge in [-0.05, 0) is 179 Å². The lowest BCUT2D eigenvalue weighted by Gasteiger charge is -2.41.